The van der Waals surface area contributed by atoms with E-state index in [-0.39, 0.29) is 5.41 Å². The van der Waals surface area contributed by atoms with Crippen LogP contribution in [0.5, 0.6) is 0 Å². The summed E-state index contributed by atoms with van der Waals surface area (Å²) in [5.41, 5.74) is 0.0775. The summed E-state index contributed by atoms with van der Waals surface area (Å²) >= 11 is 0. The Balaban J connectivity index is 2.11. The van der Waals surface area contributed by atoms with Crippen LogP contribution in [0.1, 0.15) is 32.6 Å². The molecule has 4 bridgehead atoms. The Kier molecular flexibility index (Phi) is 1.35. The van der Waals surface area contributed by atoms with Crippen LogP contribution in [-0.4, -0.2) is 5.78 Å². The Morgan fingerprint density at radius 1 is 1.54 bits per heavy atom. The van der Waals surface area contributed by atoms with Crippen molar-refractivity contribution in [2.24, 2.45) is 23.2 Å². The molecule has 0 radical (unpaired) electrons. The number of rotatable bonds is 1. The van der Waals surface area contributed by atoms with Crippen molar-refractivity contribution in [1.29, 1.82) is 0 Å². The third-order valence-electron chi connectivity index (χ3n) is 4.70. The molecule has 0 aromatic heterocycles. The van der Waals surface area contributed by atoms with Gasteiger partial charge in [-0.25, -0.2) is 0 Å². The molecule has 1 heteroatoms. The third kappa shape index (κ3) is 0.722. The van der Waals surface area contributed by atoms with E-state index in [4.69, 9.17) is 0 Å². The molecular weight excluding hydrogens is 160 g/mol. The van der Waals surface area contributed by atoms with E-state index in [0.717, 1.165) is 12.8 Å². The molecule has 0 saturated heterocycles. The third-order valence-corrected chi connectivity index (χ3v) is 4.70. The van der Waals surface area contributed by atoms with Crippen LogP contribution in [0.2, 0.25) is 0 Å². The average Bonchev–Trinajstić information content (AvgIpc) is 2.61. The van der Waals surface area contributed by atoms with Crippen molar-refractivity contribution in [3.8, 4) is 0 Å². The lowest BCUT2D eigenvalue weighted by molar-refractivity contribution is -0.134. The molecule has 2 fully saturated rings. The molecule has 0 spiro atoms. The number of hydrogen-bond acceptors (Lipinski definition) is 1. The van der Waals surface area contributed by atoms with E-state index in [1.54, 1.807) is 0 Å². The number of hydrogen-bond donors (Lipinski definition) is 0. The summed E-state index contributed by atoms with van der Waals surface area (Å²) in [6.07, 6.45) is 9.29. The van der Waals surface area contributed by atoms with Crippen LogP contribution in [0, 0.1) is 23.2 Å². The van der Waals surface area contributed by atoms with Crippen molar-refractivity contribution < 1.29 is 4.79 Å². The van der Waals surface area contributed by atoms with E-state index in [9.17, 15) is 4.79 Å². The number of fused-ring (bicyclic) bond motifs is 6. The Morgan fingerprint density at radius 3 is 3.15 bits per heavy atom. The van der Waals surface area contributed by atoms with Crippen molar-refractivity contribution in [3.63, 3.8) is 0 Å². The second kappa shape index (κ2) is 2.26. The van der Waals surface area contributed by atoms with Gasteiger partial charge in [0, 0.05) is 11.3 Å². The molecule has 0 aliphatic heterocycles. The molecule has 3 aliphatic rings. The molecule has 0 aromatic carbocycles. The van der Waals surface area contributed by atoms with Gasteiger partial charge in [0.15, 0.2) is 0 Å². The van der Waals surface area contributed by atoms with Gasteiger partial charge in [0.25, 0.3) is 0 Å². The molecule has 13 heavy (non-hydrogen) atoms. The SMILES string of the molecule is CCC12CCC(C1=O)C1C=CC2C1. The molecule has 3 aliphatic carbocycles. The predicted octanol–water partition coefficient (Wildman–Crippen LogP) is 2.57. The number of allylic oxidation sites excluding steroid dienone is 2. The molecule has 2 saturated carbocycles. The monoisotopic (exact) mass is 176 g/mol. The molecule has 70 valence electrons. The van der Waals surface area contributed by atoms with Crippen molar-refractivity contribution in [2.75, 3.05) is 0 Å². The van der Waals surface area contributed by atoms with E-state index < -0.39 is 0 Å². The van der Waals surface area contributed by atoms with E-state index in [0.29, 0.717) is 23.5 Å². The van der Waals surface area contributed by atoms with Crippen LogP contribution in [0.3, 0.4) is 0 Å². The molecule has 4 atom stereocenters. The fourth-order valence-corrected chi connectivity index (χ4v) is 3.86. The first kappa shape index (κ1) is 7.78. The largest absolute Gasteiger partial charge is 0.299 e. The highest BCUT2D eigenvalue weighted by Crippen LogP contribution is 2.59. The highest BCUT2D eigenvalue weighted by Gasteiger charge is 2.58. The maximum absolute atomic E-state index is 12.2. The van der Waals surface area contributed by atoms with Gasteiger partial charge in [-0.2, -0.15) is 0 Å². The molecular formula is C12H16O. The zero-order chi connectivity index (χ0) is 9.05. The number of Topliss-reactive ketones (excluding diaryl/α,β-unsaturated/α-hetero) is 1. The Bertz CT molecular complexity index is 291. The Morgan fingerprint density at radius 2 is 2.38 bits per heavy atom. The van der Waals surface area contributed by atoms with E-state index >= 15 is 0 Å². The Hall–Kier alpha value is -0.590. The molecule has 0 heterocycles. The van der Waals surface area contributed by atoms with Crippen LogP contribution in [0.25, 0.3) is 0 Å². The van der Waals surface area contributed by atoms with Gasteiger partial charge in [-0.3, -0.25) is 4.79 Å². The molecule has 4 unspecified atom stereocenters. The number of carbonyl (C=O) groups is 1. The first-order chi connectivity index (χ1) is 6.28. The Labute approximate surface area is 79.2 Å². The summed E-state index contributed by atoms with van der Waals surface area (Å²) in [5, 5.41) is 0. The normalized spacial score (nSPS) is 51.8. The van der Waals surface area contributed by atoms with Crippen molar-refractivity contribution in [2.45, 2.75) is 32.6 Å². The van der Waals surface area contributed by atoms with Crippen LogP contribution in [-0.2, 0) is 4.79 Å². The van der Waals surface area contributed by atoms with Crippen molar-refractivity contribution in [3.05, 3.63) is 12.2 Å². The highest BCUT2D eigenvalue weighted by molar-refractivity contribution is 5.91. The van der Waals surface area contributed by atoms with Crippen molar-refractivity contribution >= 4 is 5.78 Å². The molecule has 1 nitrogen and oxygen atoms in total. The summed E-state index contributed by atoms with van der Waals surface area (Å²) in [6, 6.07) is 0. The number of carbonyl (C=O) groups excluding carboxylic acids is 1. The van der Waals surface area contributed by atoms with Crippen molar-refractivity contribution in [1.82, 2.24) is 0 Å². The van der Waals surface area contributed by atoms with Gasteiger partial charge in [0.1, 0.15) is 5.78 Å². The smallest absolute Gasteiger partial charge is 0.143 e. The minimum absolute atomic E-state index is 0.0775. The van der Waals surface area contributed by atoms with Gasteiger partial charge < -0.3 is 0 Å². The van der Waals surface area contributed by atoms with Crippen LogP contribution >= 0.6 is 0 Å². The van der Waals surface area contributed by atoms with Crippen LogP contribution in [0.4, 0.5) is 0 Å². The molecule has 0 amide bonds. The van der Waals surface area contributed by atoms with Gasteiger partial charge in [-0.05, 0) is 37.5 Å². The predicted molar refractivity (Wildman–Crippen MR) is 51.2 cm³/mol. The summed E-state index contributed by atoms with van der Waals surface area (Å²) < 4.78 is 0. The highest BCUT2D eigenvalue weighted by atomic mass is 16.1. The maximum Gasteiger partial charge on any atom is 0.143 e. The fraction of sp³-hybridized carbons (Fsp3) is 0.750. The van der Waals surface area contributed by atoms with Crippen LogP contribution in [0.15, 0.2) is 12.2 Å². The first-order valence-electron chi connectivity index (χ1n) is 5.50. The fourth-order valence-electron chi connectivity index (χ4n) is 3.86. The second-order valence-electron chi connectivity index (χ2n) is 4.91. The first-order valence-corrected chi connectivity index (χ1v) is 5.50. The molecule has 0 N–H and O–H groups in total. The zero-order valence-corrected chi connectivity index (χ0v) is 8.12. The summed E-state index contributed by atoms with van der Waals surface area (Å²) in [4.78, 5) is 12.2. The lowest BCUT2D eigenvalue weighted by Crippen LogP contribution is -2.39. The minimum Gasteiger partial charge on any atom is -0.299 e. The van der Waals surface area contributed by atoms with Gasteiger partial charge in [0.05, 0.1) is 0 Å². The second-order valence-corrected chi connectivity index (χ2v) is 4.91. The molecule has 3 rings (SSSR count). The van der Waals surface area contributed by atoms with E-state index in [2.05, 4.69) is 19.1 Å². The average molecular weight is 176 g/mol. The van der Waals surface area contributed by atoms with E-state index in [1.165, 1.54) is 12.8 Å². The lowest BCUT2D eigenvalue weighted by Gasteiger charge is -2.36. The van der Waals surface area contributed by atoms with Crippen LogP contribution < -0.4 is 0 Å². The van der Waals surface area contributed by atoms with Gasteiger partial charge in [-0.15, -0.1) is 0 Å². The summed E-state index contributed by atoms with van der Waals surface area (Å²) in [6.45, 7) is 2.19. The van der Waals surface area contributed by atoms with E-state index in [1.807, 2.05) is 0 Å². The quantitative estimate of drug-likeness (QED) is 0.561. The standard InChI is InChI=1S/C12H16O/c1-2-12-6-5-10(11(12)13)8-3-4-9(12)7-8/h3-4,8-10H,2,5-7H2,1H3. The van der Waals surface area contributed by atoms with Gasteiger partial charge >= 0.3 is 0 Å². The van der Waals surface area contributed by atoms with Gasteiger partial charge in [0.2, 0.25) is 0 Å². The molecule has 0 aromatic rings. The lowest BCUT2D eigenvalue weighted by atomic mass is 9.65. The number of ketones is 1. The topological polar surface area (TPSA) is 17.1 Å². The van der Waals surface area contributed by atoms with Gasteiger partial charge in [-0.1, -0.05) is 19.1 Å². The zero-order valence-electron chi connectivity index (χ0n) is 8.12. The summed E-state index contributed by atoms with van der Waals surface area (Å²) in [7, 11) is 0. The summed E-state index contributed by atoms with van der Waals surface area (Å²) in [5.74, 6) is 2.20. The maximum atomic E-state index is 12.2. The minimum atomic E-state index is 0.0775.